The number of hydrogen-bond acceptors (Lipinski definition) is 5. The van der Waals surface area contributed by atoms with Gasteiger partial charge < -0.3 is 16.8 Å². The number of primary amides is 1. The molecule has 0 fully saturated rings. The van der Waals surface area contributed by atoms with Crippen LogP contribution < -0.4 is 16.8 Å². The fourth-order valence-corrected chi connectivity index (χ4v) is 2.43. The molecule has 2 rings (SSSR count). The Kier molecular flexibility index (Phi) is 3.15. The first-order valence-corrected chi connectivity index (χ1v) is 6.05. The summed E-state index contributed by atoms with van der Waals surface area (Å²) in [5.74, 6) is -1.01. The van der Waals surface area contributed by atoms with Crippen molar-refractivity contribution in [1.82, 2.24) is 10.3 Å². The first kappa shape index (κ1) is 12.3. The molecule has 0 aliphatic rings. The SMILES string of the molecule is CC(NC(=O)c1sc2cccnc2c1N)C(N)=O. The fourth-order valence-electron chi connectivity index (χ4n) is 1.45. The van der Waals surface area contributed by atoms with Crippen LogP contribution in [0.2, 0.25) is 0 Å². The van der Waals surface area contributed by atoms with E-state index < -0.39 is 17.9 Å². The maximum atomic E-state index is 11.9. The molecular weight excluding hydrogens is 252 g/mol. The van der Waals surface area contributed by atoms with E-state index in [2.05, 4.69) is 10.3 Å². The van der Waals surface area contributed by atoms with Gasteiger partial charge >= 0.3 is 0 Å². The standard InChI is InChI=1S/C11H12N4O2S/c1-5(10(13)16)15-11(17)9-7(12)8-6(18-9)3-2-4-14-8/h2-5H,12H2,1H3,(H2,13,16)(H,15,17). The number of aromatic nitrogens is 1. The third kappa shape index (κ3) is 2.12. The molecule has 0 aromatic carbocycles. The molecular formula is C11H12N4O2S. The van der Waals surface area contributed by atoms with E-state index in [0.717, 1.165) is 4.70 Å². The topological polar surface area (TPSA) is 111 Å². The van der Waals surface area contributed by atoms with Gasteiger partial charge in [-0.15, -0.1) is 11.3 Å². The molecule has 2 aromatic rings. The summed E-state index contributed by atoms with van der Waals surface area (Å²) < 4.78 is 0.826. The van der Waals surface area contributed by atoms with Crippen molar-refractivity contribution in [2.75, 3.05) is 5.73 Å². The Balaban J connectivity index is 2.34. The highest BCUT2D eigenvalue weighted by molar-refractivity contribution is 7.21. The van der Waals surface area contributed by atoms with Gasteiger partial charge in [0.05, 0.1) is 10.4 Å². The maximum Gasteiger partial charge on any atom is 0.264 e. The zero-order valence-electron chi connectivity index (χ0n) is 9.64. The van der Waals surface area contributed by atoms with Gasteiger partial charge in [0.15, 0.2) is 0 Å². The van der Waals surface area contributed by atoms with E-state index in [9.17, 15) is 9.59 Å². The smallest absolute Gasteiger partial charge is 0.264 e. The van der Waals surface area contributed by atoms with Crippen LogP contribution in [0.15, 0.2) is 18.3 Å². The van der Waals surface area contributed by atoms with Crippen molar-refractivity contribution in [3.63, 3.8) is 0 Å². The van der Waals surface area contributed by atoms with Crippen LogP contribution in [-0.2, 0) is 4.79 Å². The molecule has 1 atom stereocenters. The molecule has 5 N–H and O–H groups in total. The number of carbonyl (C=O) groups excluding carboxylic acids is 2. The zero-order chi connectivity index (χ0) is 13.3. The summed E-state index contributed by atoms with van der Waals surface area (Å²) in [5.41, 5.74) is 11.9. The van der Waals surface area contributed by atoms with Crippen LogP contribution >= 0.6 is 11.3 Å². The lowest BCUT2D eigenvalue weighted by Gasteiger charge is -2.08. The van der Waals surface area contributed by atoms with Gasteiger partial charge in [0.25, 0.3) is 5.91 Å². The third-order valence-corrected chi connectivity index (χ3v) is 3.62. The first-order chi connectivity index (χ1) is 8.50. The van der Waals surface area contributed by atoms with Crippen molar-refractivity contribution < 1.29 is 9.59 Å². The molecule has 0 radical (unpaired) electrons. The van der Waals surface area contributed by atoms with E-state index in [-0.39, 0.29) is 0 Å². The molecule has 0 bridgehead atoms. The van der Waals surface area contributed by atoms with Crippen LogP contribution in [0, 0.1) is 0 Å². The van der Waals surface area contributed by atoms with E-state index in [4.69, 9.17) is 11.5 Å². The van der Waals surface area contributed by atoms with Crippen molar-refractivity contribution >= 4 is 39.1 Å². The molecule has 94 valence electrons. The second-order valence-corrected chi connectivity index (χ2v) is 4.84. The van der Waals surface area contributed by atoms with Gasteiger partial charge in [-0.05, 0) is 19.1 Å². The highest BCUT2D eigenvalue weighted by atomic mass is 32.1. The average Bonchev–Trinajstić information content (AvgIpc) is 2.67. The number of amides is 2. The van der Waals surface area contributed by atoms with Gasteiger partial charge in [-0.3, -0.25) is 14.6 Å². The number of nitrogens with one attached hydrogen (secondary N) is 1. The van der Waals surface area contributed by atoms with Crippen LogP contribution in [0.1, 0.15) is 16.6 Å². The van der Waals surface area contributed by atoms with E-state index in [1.807, 2.05) is 6.07 Å². The Bertz CT molecular complexity index is 623. The van der Waals surface area contributed by atoms with Crippen LogP contribution in [0.5, 0.6) is 0 Å². The fraction of sp³-hybridized carbons (Fsp3) is 0.182. The quantitative estimate of drug-likeness (QED) is 0.748. The van der Waals surface area contributed by atoms with Gasteiger partial charge in [0.2, 0.25) is 5.91 Å². The van der Waals surface area contributed by atoms with Gasteiger partial charge in [0.1, 0.15) is 16.4 Å². The molecule has 0 saturated heterocycles. The summed E-state index contributed by atoms with van der Waals surface area (Å²) in [6.45, 7) is 1.52. The molecule has 2 amide bonds. The first-order valence-electron chi connectivity index (χ1n) is 5.24. The Morgan fingerprint density at radius 1 is 1.50 bits per heavy atom. The van der Waals surface area contributed by atoms with Gasteiger partial charge in [-0.2, -0.15) is 0 Å². The summed E-state index contributed by atoms with van der Waals surface area (Å²) in [4.78, 5) is 27.3. The number of carbonyl (C=O) groups is 2. The van der Waals surface area contributed by atoms with Crippen LogP contribution in [-0.4, -0.2) is 22.8 Å². The minimum atomic E-state index is -0.741. The lowest BCUT2D eigenvalue weighted by atomic mass is 10.3. The number of pyridine rings is 1. The van der Waals surface area contributed by atoms with Crippen LogP contribution in [0.4, 0.5) is 5.69 Å². The van der Waals surface area contributed by atoms with E-state index >= 15 is 0 Å². The van der Waals surface area contributed by atoms with Crippen LogP contribution in [0.3, 0.4) is 0 Å². The highest BCUT2D eigenvalue weighted by Crippen LogP contribution is 2.31. The van der Waals surface area contributed by atoms with Crippen molar-refractivity contribution in [1.29, 1.82) is 0 Å². The number of fused-ring (bicyclic) bond motifs is 1. The predicted molar refractivity (Wildman–Crippen MR) is 70.2 cm³/mol. The Labute approximate surface area is 107 Å². The maximum absolute atomic E-state index is 11.9. The van der Waals surface area contributed by atoms with Crippen molar-refractivity contribution in [3.8, 4) is 0 Å². The Morgan fingerprint density at radius 3 is 2.83 bits per heavy atom. The molecule has 0 aliphatic heterocycles. The molecule has 6 nitrogen and oxygen atoms in total. The average molecular weight is 264 g/mol. The van der Waals surface area contributed by atoms with Gasteiger partial charge in [-0.1, -0.05) is 0 Å². The number of nitrogens with two attached hydrogens (primary N) is 2. The Hall–Kier alpha value is -2.15. The number of thiophene rings is 1. The number of anilines is 1. The molecule has 7 heteroatoms. The molecule has 1 unspecified atom stereocenters. The summed E-state index contributed by atoms with van der Waals surface area (Å²) in [7, 11) is 0. The van der Waals surface area contributed by atoms with Gasteiger partial charge in [-0.25, -0.2) is 0 Å². The zero-order valence-corrected chi connectivity index (χ0v) is 10.5. The minimum absolute atomic E-state index is 0.324. The largest absolute Gasteiger partial charge is 0.396 e. The summed E-state index contributed by atoms with van der Waals surface area (Å²) in [6.07, 6.45) is 1.61. The monoisotopic (exact) mass is 264 g/mol. The predicted octanol–water partition coefficient (Wildman–Crippen LogP) is 0.482. The summed E-state index contributed by atoms with van der Waals surface area (Å²) in [6, 6.07) is 2.86. The second kappa shape index (κ2) is 4.61. The van der Waals surface area contributed by atoms with E-state index in [1.165, 1.54) is 18.3 Å². The van der Waals surface area contributed by atoms with E-state index in [1.54, 1.807) is 12.3 Å². The number of nitrogens with zero attached hydrogens (tertiary/aromatic N) is 1. The minimum Gasteiger partial charge on any atom is -0.396 e. The molecule has 0 aliphatic carbocycles. The highest BCUT2D eigenvalue weighted by Gasteiger charge is 2.20. The molecule has 0 spiro atoms. The van der Waals surface area contributed by atoms with Crippen LogP contribution in [0.25, 0.3) is 10.2 Å². The Morgan fingerprint density at radius 2 is 2.22 bits per heavy atom. The summed E-state index contributed by atoms with van der Waals surface area (Å²) in [5, 5.41) is 2.49. The third-order valence-electron chi connectivity index (χ3n) is 2.46. The van der Waals surface area contributed by atoms with Gasteiger partial charge in [0, 0.05) is 6.20 Å². The number of hydrogen-bond donors (Lipinski definition) is 3. The molecule has 2 heterocycles. The normalized spacial score (nSPS) is 12.3. The lowest BCUT2D eigenvalue weighted by Crippen LogP contribution is -2.42. The van der Waals surface area contributed by atoms with E-state index in [0.29, 0.717) is 16.1 Å². The summed E-state index contributed by atoms with van der Waals surface area (Å²) >= 11 is 1.23. The molecule has 18 heavy (non-hydrogen) atoms. The molecule has 2 aromatic heterocycles. The number of rotatable bonds is 3. The second-order valence-electron chi connectivity index (χ2n) is 3.79. The molecule has 0 saturated carbocycles. The van der Waals surface area contributed by atoms with Crippen molar-refractivity contribution in [2.45, 2.75) is 13.0 Å². The van der Waals surface area contributed by atoms with Crippen molar-refractivity contribution in [3.05, 3.63) is 23.2 Å². The number of nitrogen functional groups attached to an aromatic ring is 1. The van der Waals surface area contributed by atoms with Crippen molar-refractivity contribution in [2.24, 2.45) is 5.73 Å². The lowest BCUT2D eigenvalue weighted by molar-refractivity contribution is -0.119.